The normalized spacial score (nSPS) is 15.4. The molecule has 1 fully saturated rings. The van der Waals surface area contributed by atoms with E-state index in [1.54, 1.807) is 20.4 Å². The molecule has 19 heavy (non-hydrogen) atoms. The summed E-state index contributed by atoms with van der Waals surface area (Å²) in [5.41, 5.74) is 1.04. The van der Waals surface area contributed by atoms with E-state index in [1.807, 2.05) is 4.90 Å². The van der Waals surface area contributed by atoms with Gasteiger partial charge < -0.3 is 19.7 Å². The molecule has 1 saturated heterocycles. The third-order valence-corrected chi connectivity index (χ3v) is 2.90. The van der Waals surface area contributed by atoms with Crippen LogP contribution >= 0.6 is 0 Å². The molecule has 0 atom stereocenters. The van der Waals surface area contributed by atoms with E-state index >= 15 is 0 Å². The van der Waals surface area contributed by atoms with E-state index in [2.05, 4.69) is 15.3 Å². The minimum atomic E-state index is -0.208. The zero-order valence-electron chi connectivity index (χ0n) is 11.2. The number of nitrogens with zero attached hydrogens (tertiary/aromatic N) is 3. The largest absolute Gasteiger partial charge is 0.378 e. The molecule has 0 bridgehead atoms. The topological polar surface area (TPSA) is 76.6 Å². The van der Waals surface area contributed by atoms with Crippen LogP contribution < -0.4 is 10.2 Å². The zero-order valence-corrected chi connectivity index (χ0v) is 11.2. The van der Waals surface area contributed by atoms with E-state index in [9.17, 15) is 4.79 Å². The molecular weight excluding hydrogens is 248 g/mol. The molecule has 1 amide bonds. The van der Waals surface area contributed by atoms with Crippen LogP contribution in [0.5, 0.6) is 0 Å². The lowest BCUT2D eigenvalue weighted by Gasteiger charge is -2.27. The lowest BCUT2D eigenvalue weighted by atomic mass is 10.2. The number of hydrogen-bond donors (Lipinski definition) is 1. The van der Waals surface area contributed by atoms with Crippen molar-refractivity contribution in [3.05, 3.63) is 17.5 Å². The highest BCUT2D eigenvalue weighted by Crippen LogP contribution is 2.14. The highest BCUT2D eigenvalue weighted by atomic mass is 16.5. The van der Waals surface area contributed by atoms with Gasteiger partial charge in [0.05, 0.1) is 31.1 Å². The predicted octanol–water partition coefficient (Wildman–Crippen LogP) is -0.181. The molecule has 1 N–H and O–H groups in total. The lowest BCUT2D eigenvalue weighted by Crippen LogP contribution is -2.37. The third-order valence-electron chi connectivity index (χ3n) is 2.90. The Balaban J connectivity index is 2.26. The van der Waals surface area contributed by atoms with E-state index < -0.39 is 0 Å². The highest BCUT2D eigenvalue weighted by Gasteiger charge is 2.18. The average Bonchev–Trinajstić information content (AvgIpc) is 2.47. The van der Waals surface area contributed by atoms with Crippen molar-refractivity contribution >= 4 is 11.9 Å². The molecule has 2 heterocycles. The number of morpholine rings is 1. The molecule has 1 aromatic heterocycles. The van der Waals surface area contributed by atoms with Crippen molar-refractivity contribution < 1.29 is 14.3 Å². The molecule has 104 valence electrons. The minimum Gasteiger partial charge on any atom is -0.378 e. The van der Waals surface area contributed by atoms with Gasteiger partial charge in [0.1, 0.15) is 0 Å². The Morgan fingerprint density at radius 3 is 2.89 bits per heavy atom. The zero-order chi connectivity index (χ0) is 13.7. The second kappa shape index (κ2) is 6.44. The SMILES string of the molecule is CNC(=O)c1cnc(N2CCOCC2)nc1COC. The van der Waals surface area contributed by atoms with Crippen LogP contribution in [0.25, 0.3) is 0 Å². The standard InChI is InChI=1S/C12H18N4O3/c1-13-11(17)9-7-14-12(15-10(9)8-18-2)16-3-5-19-6-4-16/h7H,3-6,8H2,1-2H3,(H,13,17). The summed E-state index contributed by atoms with van der Waals surface area (Å²) in [5, 5.41) is 2.57. The van der Waals surface area contributed by atoms with E-state index in [1.165, 1.54) is 0 Å². The number of aromatic nitrogens is 2. The first-order chi connectivity index (χ1) is 9.26. The summed E-state index contributed by atoms with van der Waals surface area (Å²) < 4.78 is 10.4. The van der Waals surface area contributed by atoms with Crippen molar-refractivity contribution in [2.75, 3.05) is 45.4 Å². The quantitative estimate of drug-likeness (QED) is 0.814. The Morgan fingerprint density at radius 1 is 1.53 bits per heavy atom. The number of carbonyl (C=O) groups excluding carboxylic acids is 1. The summed E-state index contributed by atoms with van der Waals surface area (Å²) in [6.45, 7) is 3.13. The van der Waals surface area contributed by atoms with Crippen molar-refractivity contribution in [3.8, 4) is 0 Å². The maximum Gasteiger partial charge on any atom is 0.254 e. The fraction of sp³-hybridized carbons (Fsp3) is 0.583. The van der Waals surface area contributed by atoms with Gasteiger partial charge in [-0.05, 0) is 0 Å². The first-order valence-corrected chi connectivity index (χ1v) is 6.16. The maximum atomic E-state index is 11.7. The van der Waals surface area contributed by atoms with Gasteiger partial charge in [0.15, 0.2) is 0 Å². The van der Waals surface area contributed by atoms with Gasteiger partial charge >= 0.3 is 0 Å². The summed E-state index contributed by atoms with van der Waals surface area (Å²) in [5.74, 6) is 0.406. The van der Waals surface area contributed by atoms with Gasteiger partial charge in [-0.15, -0.1) is 0 Å². The maximum absolute atomic E-state index is 11.7. The van der Waals surface area contributed by atoms with Crippen molar-refractivity contribution in [3.63, 3.8) is 0 Å². The number of methoxy groups -OCH3 is 1. The molecule has 7 heteroatoms. The number of nitrogens with one attached hydrogen (secondary N) is 1. The van der Waals surface area contributed by atoms with E-state index in [0.29, 0.717) is 30.4 Å². The molecule has 0 saturated carbocycles. The van der Waals surface area contributed by atoms with Crippen LogP contribution in [0.2, 0.25) is 0 Å². The van der Waals surface area contributed by atoms with Gasteiger partial charge in [-0.2, -0.15) is 0 Å². The highest BCUT2D eigenvalue weighted by molar-refractivity contribution is 5.94. The van der Waals surface area contributed by atoms with E-state index in [-0.39, 0.29) is 12.5 Å². The Bertz CT molecular complexity index is 447. The molecule has 7 nitrogen and oxygen atoms in total. The van der Waals surface area contributed by atoms with Crippen LogP contribution in [-0.4, -0.2) is 56.3 Å². The number of anilines is 1. The van der Waals surface area contributed by atoms with Gasteiger partial charge in [0.25, 0.3) is 5.91 Å². The summed E-state index contributed by atoms with van der Waals surface area (Å²) in [6.07, 6.45) is 1.55. The smallest absolute Gasteiger partial charge is 0.254 e. The Labute approximate surface area is 111 Å². The van der Waals surface area contributed by atoms with Crippen molar-refractivity contribution in [1.29, 1.82) is 0 Å². The van der Waals surface area contributed by atoms with Crippen molar-refractivity contribution in [2.45, 2.75) is 6.61 Å². The summed E-state index contributed by atoms with van der Waals surface area (Å²) >= 11 is 0. The van der Waals surface area contributed by atoms with Gasteiger partial charge in [-0.1, -0.05) is 0 Å². The van der Waals surface area contributed by atoms with Crippen LogP contribution in [0, 0.1) is 0 Å². The van der Waals surface area contributed by atoms with Crippen molar-refractivity contribution in [1.82, 2.24) is 15.3 Å². The predicted molar refractivity (Wildman–Crippen MR) is 69.2 cm³/mol. The molecule has 0 spiro atoms. The molecule has 0 aliphatic carbocycles. The molecular formula is C12H18N4O3. The minimum absolute atomic E-state index is 0.208. The first-order valence-electron chi connectivity index (χ1n) is 6.16. The number of amides is 1. The fourth-order valence-electron chi connectivity index (χ4n) is 1.89. The number of hydrogen-bond acceptors (Lipinski definition) is 6. The second-order valence-electron chi connectivity index (χ2n) is 4.14. The van der Waals surface area contributed by atoms with Crippen molar-refractivity contribution in [2.24, 2.45) is 0 Å². The van der Waals surface area contributed by atoms with Gasteiger partial charge in [0.2, 0.25) is 5.95 Å². The van der Waals surface area contributed by atoms with Crippen LogP contribution in [-0.2, 0) is 16.1 Å². The summed E-state index contributed by atoms with van der Waals surface area (Å²) in [4.78, 5) is 22.4. The molecule has 1 aliphatic heterocycles. The molecule has 2 rings (SSSR count). The van der Waals surface area contributed by atoms with Gasteiger partial charge in [-0.25, -0.2) is 9.97 Å². The molecule has 0 aromatic carbocycles. The molecule has 1 aliphatic rings. The summed E-state index contributed by atoms with van der Waals surface area (Å²) in [7, 11) is 3.15. The Morgan fingerprint density at radius 2 is 2.26 bits per heavy atom. The summed E-state index contributed by atoms with van der Waals surface area (Å²) in [6, 6.07) is 0. The number of rotatable bonds is 4. The monoisotopic (exact) mass is 266 g/mol. The fourth-order valence-corrected chi connectivity index (χ4v) is 1.89. The molecule has 0 radical (unpaired) electrons. The first kappa shape index (κ1) is 13.7. The third kappa shape index (κ3) is 3.18. The molecule has 0 unspecified atom stereocenters. The number of ether oxygens (including phenoxy) is 2. The Hall–Kier alpha value is -1.73. The van der Waals surface area contributed by atoms with Crippen LogP contribution in [0.3, 0.4) is 0 Å². The number of carbonyl (C=O) groups is 1. The van der Waals surface area contributed by atoms with E-state index in [4.69, 9.17) is 9.47 Å². The van der Waals surface area contributed by atoms with E-state index in [0.717, 1.165) is 13.1 Å². The van der Waals surface area contributed by atoms with Crippen LogP contribution in [0.4, 0.5) is 5.95 Å². The van der Waals surface area contributed by atoms with Gasteiger partial charge in [0, 0.05) is 33.4 Å². The second-order valence-corrected chi connectivity index (χ2v) is 4.14. The average molecular weight is 266 g/mol. The van der Waals surface area contributed by atoms with Crippen LogP contribution in [0.1, 0.15) is 16.1 Å². The molecule has 1 aromatic rings. The lowest BCUT2D eigenvalue weighted by molar-refractivity contribution is 0.0956. The Kier molecular flexibility index (Phi) is 4.64. The van der Waals surface area contributed by atoms with Crippen LogP contribution in [0.15, 0.2) is 6.20 Å². The van der Waals surface area contributed by atoms with Gasteiger partial charge in [-0.3, -0.25) is 4.79 Å².